The molecule has 1 aromatic carbocycles. The summed E-state index contributed by atoms with van der Waals surface area (Å²) in [4.78, 5) is 5.52. The summed E-state index contributed by atoms with van der Waals surface area (Å²) in [5, 5.41) is 7.52. The van der Waals surface area contributed by atoms with Crippen LogP contribution in [0.5, 0.6) is 5.75 Å². The second-order valence-corrected chi connectivity index (χ2v) is 5.29. The number of guanidine groups is 1. The van der Waals surface area contributed by atoms with Crippen molar-refractivity contribution in [2.75, 3.05) is 6.54 Å². The third kappa shape index (κ3) is 4.74. The fourth-order valence-electron chi connectivity index (χ4n) is 2.44. The molecule has 0 bridgehead atoms. The predicted molar refractivity (Wildman–Crippen MR) is 80.9 cm³/mol. The van der Waals surface area contributed by atoms with Gasteiger partial charge in [0.25, 0.3) is 0 Å². The number of hydrogen-bond acceptors (Lipinski definition) is 3. The molecule has 1 aliphatic heterocycles. The standard InChI is InChI=1S/C14H17F4N5O/c15-8-5-6-23(13(20)21)11(7-8)12(19)22-9-1-3-10(4-2-9)24-14(16,17)18/h1-4,8,11H,5-7H2,(H2,19,22)(H3,20,21). The van der Waals surface area contributed by atoms with Gasteiger partial charge >= 0.3 is 6.36 Å². The Morgan fingerprint density at radius 2 is 1.88 bits per heavy atom. The molecule has 0 radical (unpaired) electrons. The summed E-state index contributed by atoms with van der Waals surface area (Å²) in [6, 6.07) is 4.11. The monoisotopic (exact) mass is 347 g/mol. The van der Waals surface area contributed by atoms with Gasteiger partial charge in [0.05, 0.1) is 11.7 Å². The number of nitrogens with two attached hydrogens (primary N) is 2. The average Bonchev–Trinajstić information content (AvgIpc) is 2.47. The minimum absolute atomic E-state index is 0.0389. The van der Waals surface area contributed by atoms with Crippen LogP contribution in [0, 0.1) is 5.41 Å². The fourth-order valence-corrected chi connectivity index (χ4v) is 2.44. The molecule has 6 nitrogen and oxygen atoms in total. The van der Waals surface area contributed by atoms with Crippen molar-refractivity contribution in [1.29, 1.82) is 5.41 Å². The van der Waals surface area contributed by atoms with Crippen LogP contribution in [0.2, 0.25) is 0 Å². The van der Waals surface area contributed by atoms with E-state index in [9.17, 15) is 17.6 Å². The third-order valence-electron chi connectivity index (χ3n) is 3.52. The molecule has 1 aliphatic rings. The molecule has 10 heteroatoms. The Morgan fingerprint density at radius 3 is 2.42 bits per heavy atom. The van der Waals surface area contributed by atoms with E-state index in [1.54, 1.807) is 0 Å². The van der Waals surface area contributed by atoms with Gasteiger partial charge in [-0.3, -0.25) is 5.41 Å². The Kier molecular flexibility index (Phi) is 5.15. The summed E-state index contributed by atoms with van der Waals surface area (Å²) < 4.78 is 53.7. The van der Waals surface area contributed by atoms with Gasteiger partial charge in [-0.25, -0.2) is 9.38 Å². The van der Waals surface area contributed by atoms with Crippen molar-refractivity contribution in [3.8, 4) is 5.75 Å². The van der Waals surface area contributed by atoms with Gasteiger partial charge in [0.1, 0.15) is 17.8 Å². The normalized spacial score (nSPS) is 22.3. The predicted octanol–water partition coefficient (Wildman–Crippen LogP) is 2.27. The molecular formula is C14H17F4N5O. The number of rotatable bonds is 3. The first kappa shape index (κ1) is 17.8. The van der Waals surface area contributed by atoms with E-state index in [1.807, 2.05) is 0 Å². The minimum atomic E-state index is -4.77. The summed E-state index contributed by atoms with van der Waals surface area (Å²) in [6.07, 6.45) is -5.57. The van der Waals surface area contributed by atoms with Gasteiger partial charge in [0.2, 0.25) is 0 Å². The number of halogens is 4. The number of hydrogen-bond donors (Lipinski definition) is 3. The summed E-state index contributed by atoms with van der Waals surface area (Å²) in [6.45, 7) is 0.246. The lowest BCUT2D eigenvalue weighted by atomic mass is 10.00. The first-order valence-electron chi connectivity index (χ1n) is 7.10. The van der Waals surface area contributed by atoms with Crippen LogP contribution in [0.25, 0.3) is 0 Å². The Labute approximate surface area is 135 Å². The number of likely N-dealkylation sites (tertiary alicyclic amines) is 1. The first-order valence-corrected chi connectivity index (χ1v) is 7.10. The van der Waals surface area contributed by atoms with E-state index < -0.39 is 18.6 Å². The molecular weight excluding hydrogens is 330 g/mol. The highest BCUT2D eigenvalue weighted by Crippen LogP contribution is 2.26. The number of piperidine rings is 1. The topological polar surface area (TPSA) is 101 Å². The maximum absolute atomic E-state index is 13.6. The van der Waals surface area contributed by atoms with Crippen LogP contribution in [-0.4, -0.2) is 41.8 Å². The number of aliphatic imine (C=N–C) groups is 1. The van der Waals surface area contributed by atoms with E-state index in [2.05, 4.69) is 9.73 Å². The van der Waals surface area contributed by atoms with Crippen LogP contribution in [0.15, 0.2) is 29.3 Å². The van der Waals surface area contributed by atoms with Crippen molar-refractivity contribution in [2.45, 2.75) is 31.4 Å². The molecule has 1 aromatic rings. The SMILES string of the molecule is N=C(N)N1CCC(F)CC1C(N)=Nc1ccc(OC(F)(F)F)cc1. The van der Waals surface area contributed by atoms with Gasteiger partial charge in [-0.2, -0.15) is 0 Å². The quantitative estimate of drug-likeness (QED) is 0.443. The van der Waals surface area contributed by atoms with Crippen LogP contribution in [0.4, 0.5) is 23.2 Å². The van der Waals surface area contributed by atoms with E-state index in [-0.39, 0.29) is 42.6 Å². The lowest BCUT2D eigenvalue weighted by Gasteiger charge is -2.36. The van der Waals surface area contributed by atoms with E-state index in [0.717, 1.165) is 12.1 Å². The Balaban J connectivity index is 2.15. The minimum Gasteiger partial charge on any atom is -0.406 e. The largest absolute Gasteiger partial charge is 0.573 e. The third-order valence-corrected chi connectivity index (χ3v) is 3.52. The summed E-state index contributed by atoms with van der Waals surface area (Å²) >= 11 is 0. The van der Waals surface area contributed by atoms with Crippen molar-refractivity contribution in [1.82, 2.24) is 4.90 Å². The molecule has 0 aromatic heterocycles. The number of ether oxygens (including phenoxy) is 1. The zero-order valence-corrected chi connectivity index (χ0v) is 12.6. The van der Waals surface area contributed by atoms with E-state index in [0.29, 0.717) is 0 Å². The molecule has 2 unspecified atom stereocenters. The first-order chi connectivity index (χ1) is 11.2. The van der Waals surface area contributed by atoms with Crippen molar-refractivity contribution in [3.63, 3.8) is 0 Å². The lowest BCUT2D eigenvalue weighted by Crippen LogP contribution is -2.54. The zero-order chi connectivity index (χ0) is 17.9. The summed E-state index contributed by atoms with van der Waals surface area (Å²) in [5.74, 6) is -0.581. The summed E-state index contributed by atoms with van der Waals surface area (Å²) in [7, 11) is 0. The zero-order valence-electron chi connectivity index (χ0n) is 12.6. The van der Waals surface area contributed by atoms with Gasteiger partial charge in [-0.05, 0) is 30.7 Å². The molecule has 0 amide bonds. The molecule has 132 valence electrons. The van der Waals surface area contributed by atoms with Gasteiger partial charge in [0, 0.05) is 13.0 Å². The Bertz CT molecular complexity index is 617. The van der Waals surface area contributed by atoms with Crippen LogP contribution in [0.1, 0.15) is 12.8 Å². The average molecular weight is 347 g/mol. The van der Waals surface area contributed by atoms with Crippen molar-refractivity contribution in [3.05, 3.63) is 24.3 Å². The maximum atomic E-state index is 13.6. The molecule has 5 N–H and O–H groups in total. The highest BCUT2D eigenvalue weighted by Gasteiger charge is 2.32. The second kappa shape index (κ2) is 6.93. The fraction of sp³-hybridized carbons (Fsp3) is 0.429. The number of alkyl halides is 4. The molecule has 0 aliphatic carbocycles. The smallest absolute Gasteiger partial charge is 0.406 e. The summed E-state index contributed by atoms with van der Waals surface area (Å²) in [5.41, 5.74) is 11.6. The molecule has 24 heavy (non-hydrogen) atoms. The number of nitrogens with zero attached hydrogens (tertiary/aromatic N) is 2. The van der Waals surface area contributed by atoms with Crippen molar-refractivity contribution < 1.29 is 22.3 Å². The van der Waals surface area contributed by atoms with Gasteiger partial charge in [0.15, 0.2) is 5.96 Å². The molecule has 1 heterocycles. The molecule has 1 saturated heterocycles. The van der Waals surface area contributed by atoms with E-state index in [4.69, 9.17) is 16.9 Å². The van der Waals surface area contributed by atoms with Crippen LogP contribution < -0.4 is 16.2 Å². The highest BCUT2D eigenvalue weighted by molar-refractivity contribution is 5.92. The van der Waals surface area contributed by atoms with Gasteiger partial charge in [-0.1, -0.05) is 0 Å². The Hall–Kier alpha value is -2.52. The molecule has 0 spiro atoms. The molecule has 0 saturated carbocycles. The van der Waals surface area contributed by atoms with Crippen molar-refractivity contribution in [2.24, 2.45) is 16.5 Å². The van der Waals surface area contributed by atoms with Gasteiger partial charge < -0.3 is 21.1 Å². The Morgan fingerprint density at radius 1 is 1.25 bits per heavy atom. The van der Waals surface area contributed by atoms with Crippen LogP contribution in [-0.2, 0) is 0 Å². The second-order valence-electron chi connectivity index (χ2n) is 5.29. The maximum Gasteiger partial charge on any atom is 0.573 e. The molecule has 2 rings (SSSR count). The van der Waals surface area contributed by atoms with E-state index in [1.165, 1.54) is 17.0 Å². The number of benzene rings is 1. The van der Waals surface area contributed by atoms with E-state index >= 15 is 0 Å². The van der Waals surface area contributed by atoms with Crippen LogP contribution in [0.3, 0.4) is 0 Å². The molecule has 1 fully saturated rings. The molecule has 2 atom stereocenters. The number of nitrogens with one attached hydrogen (secondary N) is 1. The number of amidine groups is 1. The van der Waals surface area contributed by atoms with Gasteiger partial charge in [-0.15, -0.1) is 13.2 Å². The van der Waals surface area contributed by atoms with Crippen LogP contribution >= 0.6 is 0 Å². The highest BCUT2D eigenvalue weighted by atomic mass is 19.4. The lowest BCUT2D eigenvalue weighted by molar-refractivity contribution is -0.274. The van der Waals surface area contributed by atoms with Crippen molar-refractivity contribution >= 4 is 17.5 Å².